The topological polar surface area (TPSA) is 78.5 Å². The Balaban J connectivity index is 1.35. The molecule has 2 aromatic rings. The van der Waals surface area contributed by atoms with Gasteiger partial charge in [-0.05, 0) is 49.1 Å². The van der Waals surface area contributed by atoms with Crippen molar-refractivity contribution in [2.45, 2.75) is 19.8 Å². The molecule has 0 aliphatic carbocycles. The quantitative estimate of drug-likeness (QED) is 0.516. The van der Waals surface area contributed by atoms with Crippen LogP contribution in [0.4, 0.5) is 4.39 Å². The third-order valence-electron chi connectivity index (χ3n) is 5.54. The molecule has 0 atom stereocenters. The van der Waals surface area contributed by atoms with Crippen molar-refractivity contribution in [3.8, 4) is 0 Å². The molecule has 0 radical (unpaired) electrons. The van der Waals surface area contributed by atoms with E-state index in [2.05, 4.69) is 10.6 Å². The third kappa shape index (κ3) is 6.51. The summed E-state index contributed by atoms with van der Waals surface area (Å²) >= 11 is 0. The minimum Gasteiger partial charge on any atom is -0.354 e. The summed E-state index contributed by atoms with van der Waals surface area (Å²) < 4.78 is 13.6. The van der Waals surface area contributed by atoms with Crippen LogP contribution in [-0.2, 0) is 9.59 Å². The van der Waals surface area contributed by atoms with Crippen molar-refractivity contribution >= 4 is 23.8 Å². The normalized spacial score (nSPS) is 14.4. The Morgan fingerprint density at radius 3 is 2.41 bits per heavy atom. The highest BCUT2D eigenvalue weighted by molar-refractivity contribution is 5.94. The van der Waals surface area contributed by atoms with Crippen LogP contribution in [0.1, 0.15) is 34.3 Å². The summed E-state index contributed by atoms with van der Waals surface area (Å²) in [5.41, 5.74) is 1.70. The summed E-state index contributed by atoms with van der Waals surface area (Å²) in [7, 11) is 0. The van der Waals surface area contributed by atoms with E-state index in [1.807, 2.05) is 30.3 Å². The van der Waals surface area contributed by atoms with Gasteiger partial charge in [0.25, 0.3) is 5.91 Å². The lowest BCUT2D eigenvalue weighted by Gasteiger charge is -2.30. The molecular formula is C25H28FN3O3. The molecule has 2 aromatic carbocycles. The van der Waals surface area contributed by atoms with Gasteiger partial charge in [0, 0.05) is 43.7 Å². The smallest absolute Gasteiger partial charge is 0.251 e. The largest absolute Gasteiger partial charge is 0.354 e. The summed E-state index contributed by atoms with van der Waals surface area (Å²) in [5, 5.41) is 5.50. The second-order valence-electron chi connectivity index (χ2n) is 7.85. The lowest BCUT2D eigenvalue weighted by atomic mass is 9.96. The van der Waals surface area contributed by atoms with Crippen LogP contribution in [0.15, 0.2) is 54.6 Å². The molecule has 32 heavy (non-hydrogen) atoms. The summed E-state index contributed by atoms with van der Waals surface area (Å²) in [6, 6.07) is 14.0. The van der Waals surface area contributed by atoms with Crippen LogP contribution in [-0.4, -0.2) is 48.8 Å². The van der Waals surface area contributed by atoms with Gasteiger partial charge in [-0.2, -0.15) is 0 Å². The van der Waals surface area contributed by atoms with Crippen LogP contribution in [0.5, 0.6) is 0 Å². The van der Waals surface area contributed by atoms with Crippen molar-refractivity contribution in [1.82, 2.24) is 15.5 Å². The molecule has 1 aliphatic heterocycles. The van der Waals surface area contributed by atoms with Crippen LogP contribution >= 0.6 is 0 Å². The highest BCUT2D eigenvalue weighted by atomic mass is 19.1. The molecule has 0 unspecified atom stereocenters. The number of carbonyl (C=O) groups excluding carboxylic acids is 3. The van der Waals surface area contributed by atoms with E-state index in [-0.39, 0.29) is 42.3 Å². The third-order valence-corrected chi connectivity index (χ3v) is 5.54. The number of nitrogens with one attached hydrogen (secondary N) is 2. The van der Waals surface area contributed by atoms with Gasteiger partial charge in [-0.15, -0.1) is 0 Å². The monoisotopic (exact) mass is 437 g/mol. The molecule has 0 saturated carbocycles. The van der Waals surface area contributed by atoms with Gasteiger partial charge in [0.05, 0.1) is 0 Å². The van der Waals surface area contributed by atoms with Crippen molar-refractivity contribution in [2.24, 2.45) is 5.92 Å². The van der Waals surface area contributed by atoms with Gasteiger partial charge >= 0.3 is 0 Å². The van der Waals surface area contributed by atoms with Crippen molar-refractivity contribution < 1.29 is 18.8 Å². The first-order chi connectivity index (χ1) is 15.4. The van der Waals surface area contributed by atoms with E-state index in [1.165, 1.54) is 6.07 Å². The van der Waals surface area contributed by atoms with E-state index in [4.69, 9.17) is 0 Å². The fraction of sp³-hybridized carbons (Fsp3) is 0.320. The predicted octanol–water partition coefficient (Wildman–Crippen LogP) is 2.93. The summed E-state index contributed by atoms with van der Waals surface area (Å²) in [5.74, 6) is -1.09. The predicted molar refractivity (Wildman–Crippen MR) is 121 cm³/mol. The molecule has 2 N–H and O–H groups in total. The van der Waals surface area contributed by atoms with E-state index in [9.17, 15) is 18.8 Å². The van der Waals surface area contributed by atoms with Crippen LogP contribution < -0.4 is 10.6 Å². The molecule has 3 rings (SSSR count). The number of likely N-dealkylation sites (tertiary alicyclic amines) is 1. The Morgan fingerprint density at radius 2 is 1.72 bits per heavy atom. The number of amides is 3. The van der Waals surface area contributed by atoms with Crippen molar-refractivity contribution in [2.75, 3.05) is 26.2 Å². The van der Waals surface area contributed by atoms with E-state index in [0.29, 0.717) is 31.5 Å². The Kier molecular flexibility index (Phi) is 8.14. The lowest BCUT2D eigenvalue weighted by Crippen LogP contribution is -2.44. The van der Waals surface area contributed by atoms with Gasteiger partial charge in [0.2, 0.25) is 11.8 Å². The first-order valence-corrected chi connectivity index (χ1v) is 10.8. The molecule has 1 saturated heterocycles. The zero-order valence-electron chi connectivity index (χ0n) is 18.1. The molecular weight excluding hydrogens is 409 g/mol. The molecule has 0 bridgehead atoms. The highest BCUT2D eigenvalue weighted by Crippen LogP contribution is 2.18. The van der Waals surface area contributed by atoms with Gasteiger partial charge in [-0.25, -0.2) is 4.39 Å². The zero-order valence-corrected chi connectivity index (χ0v) is 18.1. The van der Waals surface area contributed by atoms with E-state index >= 15 is 0 Å². The lowest BCUT2D eigenvalue weighted by molar-refractivity contribution is -0.132. The fourth-order valence-corrected chi connectivity index (χ4v) is 3.54. The Hall–Kier alpha value is -3.48. The number of benzene rings is 2. The Bertz CT molecular complexity index is 983. The average Bonchev–Trinajstić information content (AvgIpc) is 2.82. The van der Waals surface area contributed by atoms with E-state index in [1.54, 1.807) is 36.1 Å². The second kappa shape index (κ2) is 11.2. The minimum absolute atomic E-state index is 0.0528. The van der Waals surface area contributed by atoms with Gasteiger partial charge in [-0.3, -0.25) is 14.4 Å². The second-order valence-corrected chi connectivity index (χ2v) is 7.85. The Morgan fingerprint density at radius 1 is 1.03 bits per heavy atom. The standard InChI is InChI=1S/C25H28FN3O3/c1-18-7-9-21(17-22(18)26)25(32)28-14-13-27-24(31)20-11-15-29(16-12-20)23(30)10-8-19-5-3-2-4-6-19/h2-10,17,20H,11-16H2,1H3,(H,27,31)(H,28,32)/b10-8+. The van der Waals surface area contributed by atoms with Crippen molar-refractivity contribution in [1.29, 1.82) is 0 Å². The molecule has 1 heterocycles. The molecule has 1 aliphatic rings. The van der Waals surface area contributed by atoms with Gasteiger partial charge in [0.1, 0.15) is 5.82 Å². The van der Waals surface area contributed by atoms with E-state index < -0.39 is 5.82 Å². The number of piperidine rings is 1. The van der Waals surface area contributed by atoms with Crippen LogP contribution in [0.3, 0.4) is 0 Å². The summed E-state index contributed by atoms with van der Waals surface area (Å²) in [6.45, 7) is 3.24. The molecule has 7 heteroatoms. The van der Waals surface area contributed by atoms with Crippen LogP contribution in [0, 0.1) is 18.7 Å². The van der Waals surface area contributed by atoms with Crippen molar-refractivity contribution in [3.05, 3.63) is 77.1 Å². The van der Waals surface area contributed by atoms with Gasteiger partial charge < -0.3 is 15.5 Å². The Labute approximate surface area is 187 Å². The highest BCUT2D eigenvalue weighted by Gasteiger charge is 2.26. The molecule has 0 spiro atoms. The fourth-order valence-electron chi connectivity index (χ4n) is 3.54. The average molecular weight is 438 g/mol. The number of hydrogen-bond acceptors (Lipinski definition) is 3. The maximum Gasteiger partial charge on any atom is 0.251 e. The number of nitrogens with zero attached hydrogens (tertiary/aromatic N) is 1. The van der Waals surface area contributed by atoms with Crippen LogP contribution in [0.2, 0.25) is 0 Å². The van der Waals surface area contributed by atoms with Crippen LogP contribution in [0.25, 0.3) is 6.08 Å². The first kappa shape index (κ1) is 23.2. The maximum absolute atomic E-state index is 13.6. The molecule has 0 aromatic heterocycles. The number of hydrogen-bond donors (Lipinski definition) is 2. The molecule has 3 amide bonds. The zero-order chi connectivity index (χ0) is 22.9. The van der Waals surface area contributed by atoms with E-state index in [0.717, 1.165) is 5.56 Å². The number of carbonyl (C=O) groups is 3. The number of aryl methyl sites for hydroxylation is 1. The maximum atomic E-state index is 13.6. The number of halogens is 1. The van der Waals surface area contributed by atoms with Gasteiger partial charge in [-0.1, -0.05) is 36.4 Å². The molecule has 6 nitrogen and oxygen atoms in total. The molecule has 168 valence electrons. The first-order valence-electron chi connectivity index (χ1n) is 10.8. The molecule has 1 fully saturated rings. The summed E-state index contributed by atoms with van der Waals surface area (Å²) in [4.78, 5) is 38.6. The minimum atomic E-state index is -0.425. The summed E-state index contributed by atoms with van der Waals surface area (Å²) in [6.07, 6.45) is 4.57. The van der Waals surface area contributed by atoms with Crippen molar-refractivity contribution in [3.63, 3.8) is 0 Å². The SMILES string of the molecule is Cc1ccc(C(=O)NCCNC(=O)C2CCN(C(=O)/C=C/c3ccccc3)CC2)cc1F. The van der Waals surface area contributed by atoms with Gasteiger partial charge in [0.15, 0.2) is 0 Å². The number of rotatable bonds is 7.